The van der Waals surface area contributed by atoms with Gasteiger partial charge in [0.15, 0.2) is 0 Å². The summed E-state index contributed by atoms with van der Waals surface area (Å²) in [7, 11) is 0. The molecule has 4 heteroatoms. The Bertz CT molecular complexity index is 455. The van der Waals surface area contributed by atoms with Gasteiger partial charge < -0.3 is 10.2 Å². The summed E-state index contributed by atoms with van der Waals surface area (Å²) in [6.45, 7) is 5.23. The van der Waals surface area contributed by atoms with Crippen LogP contribution in [0.3, 0.4) is 0 Å². The van der Waals surface area contributed by atoms with Crippen LogP contribution in [0.5, 0.6) is 0 Å². The summed E-state index contributed by atoms with van der Waals surface area (Å²) < 4.78 is 0. The maximum atomic E-state index is 6.27. The normalized spacial score (nSPS) is 18.3. The first-order chi connectivity index (χ1) is 9.78. The lowest BCUT2D eigenvalue weighted by Gasteiger charge is -2.24. The predicted octanol–water partition coefficient (Wildman–Crippen LogP) is 3.61. The average Bonchev–Trinajstić information content (AvgIpc) is 3.32. The van der Waals surface area contributed by atoms with Crippen LogP contribution in [0.25, 0.3) is 0 Å². The van der Waals surface area contributed by atoms with Gasteiger partial charge in [-0.15, -0.1) is 0 Å². The number of hydrogen-bond donors (Lipinski definition) is 1. The zero-order valence-corrected chi connectivity index (χ0v) is 13.0. The van der Waals surface area contributed by atoms with Crippen LogP contribution in [0.1, 0.15) is 44.6 Å². The molecule has 3 rings (SSSR count). The van der Waals surface area contributed by atoms with E-state index < -0.39 is 0 Å². The third-order valence-corrected chi connectivity index (χ3v) is 4.44. The number of nitrogens with zero attached hydrogens (tertiary/aromatic N) is 2. The van der Waals surface area contributed by atoms with Crippen LogP contribution in [-0.2, 0) is 6.54 Å². The molecule has 0 unspecified atom stereocenters. The molecule has 2 fully saturated rings. The lowest BCUT2D eigenvalue weighted by atomic mass is 10.2. The fourth-order valence-electron chi connectivity index (χ4n) is 2.55. The Morgan fingerprint density at radius 2 is 2.15 bits per heavy atom. The highest BCUT2D eigenvalue weighted by Crippen LogP contribution is 2.37. The molecule has 0 saturated heterocycles. The van der Waals surface area contributed by atoms with Crippen molar-refractivity contribution in [3.8, 4) is 0 Å². The van der Waals surface area contributed by atoms with E-state index in [9.17, 15) is 0 Å². The van der Waals surface area contributed by atoms with E-state index in [1.54, 1.807) is 0 Å². The zero-order valence-electron chi connectivity index (χ0n) is 12.2. The molecule has 110 valence electrons. The summed E-state index contributed by atoms with van der Waals surface area (Å²) in [6, 6.07) is 2.91. The highest BCUT2D eigenvalue weighted by Gasteiger charge is 2.34. The number of aromatic nitrogens is 1. The largest absolute Gasteiger partial charge is 0.353 e. The second kappa shape index (κ2) is 6.31. The van der Waals surface area contributed by atoms with E-state index in [0.29, 0.717) is 0 Å². The number of hydrogen-bond acceptors (Lipinski definition) is 3. The monoisotopic (exact) mass is 293 g/mol. The highest BCUT2D eigenvalue weighted by atomic mass is 35.5. The summed E-state index contributed by atoms with van der Waals surface area (Å²) >= 11 is 6.27. The fraction of sp³-hybridized carbons (Fsp3) is 0.688. The van der Waals surface area contributed by atoms with Gasteiger partial charge in [0.25, 0.3) is 0 Å². The van der Waals surface area contributed by atoms with Crippen molar-refractivity contribution in [2.24, 2.45) is 5.92 Å². The molecular formula is C16H24ClN3. The van der Waals surface area contributed by atoms with Crippen LogP contribution in [0.4, 0.5) is 5.82 Å². The minimum absolute atomic E-state index is 0.723. The van der Waals surface area contributed by atoms with E-state index in [1.807, 2.05) is 6.20 Å². The van der Waals surface area contributed by atoms with Crippen LogP contribution < -0.4 is 10.2 Å². The maximum Gasteiger partial charge on any atom is 0.129 e. The first kappa shape index (κ1) is 14.2. The Labute approximate surface area is 126 Å². The minimum atomic E-state index is 0.723. The zero-order chi connectivity index (χ0) is 13.9. The molecule has 1 N–H and O–H groups in total. The highest BCUT2D eigenvalue weighted by molar-refractivity contribution is 6.31. The number of rotatable bonds is 8. The second-order valence-electron chi connectivity index (χ2n) is 6.14. The molecule has 1 aromatic rings. The molecule has 0 aliphatic heterocycles. The summed E-state index contributed by atoms with van der Waals surface area (Å²) in [6.07, 6.45) is 8.39. The molecule has 20 heavy (non-hydrogen) atoms. The Morgan fingerprint density at radius 1 is 1.35 bits per heavy atom. The SMILES string of the molecule is CCCNCc1cc(N(CC2CC2)C2CC2)ncc1Cl. The van der Waals surface area contributed by atoms with Crippen molar-refractivity contribution < 1.29 is 0 Å². The van der Waals surface area contributed by atoms with E-state index in [1.165, 1.54) is 37.8 Å². The molecule has 3 nitrogen and oxygen atoms in total. The Hall–Kier alpha value is -0.800. The van der Waals surface area contributed by atoms with Gasteiger partial charge in [0, 0.05) is 25.3 Å². The first-order valence-electron chi connectivity index (χ1n) is 7.89. The number of nitrogens with one attached hydrogen (secondary N) is 1. The number of pyridine rings is 1. The maximum absolute atomic E-state index is 6.27. The fourth-order valence-corrected chi connectivity index (χ4v) is 2.72. The summed E-state index contributed by atoms with van der Waals surface area (Å²) in [5, 5.41) is 4.20. The van der Waals surface area contributed by atoms with Crippen LogP contribution in [0.2, 0.25) is 5.02 Å². The van der Waals surface area contributed by atoms with Gasteiger partial charge in [0.2, 0.25) is 0 Å². The standard InChI is InChI=1S/C16H24ClN3/c1-2-7-18-9-13-8-16(19-10-15(13)17)20(14-5-6-14)11-12-3-4-12/h8,10,12,14,18H,2-7,9,11H2,1H3. The topological polar surface area (TPSA) is 28.2 Å². The van der Waals surface area contributed by atoms with E-state index in [0.717, 1.165) is 42.3 Å². The predicted molar refractivity (Wildman–Crippen MR) is 84.3 cm³/mol. The molecule has 0 bridgehead atoms. The molecule has 0 atom stereocenters. The molecule has 0 radical (unpaired) electrons. The van der Waals surface area contributed by atoms with Crippen molar-refractivity contribution in [3.63, 3.8) is 0 Å². The average molecular weight is 294 g/mol. The van der Waals surface area contributed by atoms with E-state index in [4.69, 9.17) is 11.6 Å². The van der Waals surface area contributed by atoms with Crippen LogP contribution in [0, 0.1) is 5.92 Å². The van der Waals surface area contributed by atoms with Gasteiger partial charge in [-0.2, -0.15) is 0 Å². The second-order valence-corrected chi connectivity index (χ2v) is 6.54. The Kier molecular flexibility index (Phi) is 4.47. The van der Waals surface area contributed by atoms with Crippen LogP contribution >= 0.6 is 11.6 Å². The van der Waals surface area contributed by atoms with Crippen molar-refractivity contribution in [1.29, 1.82) is 0 Å². The quantitative estimate of drug-likeness (QED) is 0.742. The van der Waals surface area contributed by atoms with Crippen molar-refractivity contribution in [2.75, 3.05) is 18.0 Å². The van der Waals surface area contributed by atoms with Gasteiger partial charge in [-0.1, -0.05) is 18.5 Å². The van der Waals surface area contributed by atoms with Crippen LogP contribution in [-0.4, -0.2) is 24.1 Å². The third kappa shape index (κ3) is 3.64. The molecular weight excluding hydrogens is 270 g/mol. The van der Waals surface area contributed by atoms with E-state index >= 15 is 0 Å². The van der Waals surface area contributed by atoms with E-state index in [-0.39, 0.29) is 0 Å². The molecule has 0 amide bonds. The lowest BCUT2D eigenvalue weighted by Crippen LogP contribution is -2.29. The van der Waals surface area contributed by atoms with Crippen molar-refractivity contribution in [3.05, 3.63) is 22.8 Å². The van der Waals surface area contributed by atoms with Gasteiger partial charge in [-0.05, 0) is 56.2 Å². The molecule has 0 spiro atoms. The van der Waals surface area contributed by atoms with Crippen molar-refractivity contribution in [2.45, 2.75) is 51.6 Å². The molecule has 2 aliphatic rings. The van der Waals surface area contributed by atoms with Gasteiger partial charge in [0.1, 0.15) is 5.82 Å². The Morgan fingerprint density at radius 3 is 2.80 bits per heavy atom. The third-order valence-electron chi connectivity index (χ3n) is 4.10. The van der Waals surface area contributed by atoms with E-state index in [2.05, 4.69) is 28.2 Å². The van der Waals surface area contributed by atoms with Gasteiger partial charge in [-0.25, -0.2) is 4.98 Å². The number of anilines is 1. The first-order valence-corrected chi connectivity index (χ1v) is 8.27. The summed E-state index contributed by atoms with van der Waals surface area (Å²) in [5.41, 5.74) is 1.17. The molecule has 2 saturated carbocycles. The van der Waals surface area contributed by atoms with Gasteiger partial charge in [0.05, 0.1) is 5.02 Å². The molecule has 1 aromatic heterocycles. The summed E-state index contributed by atoms with van der Waals surface area (Å²) in [4.78, 5) is 7.09. The number of halogens is 1. The molecule has 2 aliphatic carbocycles. The van der Waals surface area contributed by atoms with Crippen molar-refractivity contribution in [1.82, 2.24) is 10.3 Å². The summed E-state index contributed by atoms with van der Waals surface area (Å²) in [5.74, 6) is 2.02. The lowest BCUT2D eigenvalue weighted by molar-refractivity contribution is 0.672. The van der Waals surface area contributed by atoms with Gasteiger partial charge >= 0.3 is 0 Å². The molecule has 0 aromatic carbocycles. The van der Waals surface area contributed by atoms with Crippen LogP contribution in [0.15, 0.2) is 12.3 Å². The molecule has 1 heterocycles. The van der Waals surface area contributed by atoms with Gasteiger partial charge in [-0.3, -0.25) is 0 Å². The smallest absolute Gasteiger partial charge is 0.129 e. The van der Waals surface area contributed by atoms with Crippen molar-refractivity contribution >= 4 is 17.4 Å². The minimum Gasteiger partial charge on any atom is -0.353 e. The Balaban J connectivity index is 1.71.